The number of hydrogen-bond donors (Lipinski definition) is 1. The minimum atomic E-state index is -0.606. The second-order valence-electron chi connectivity index (χ2n) is 9.93. The molecular formula is C32H38N2O3. The van der Waals surface area contributed by atoms with Crippen molar-refractivity contribution >= 4 is 17.5 Å². The quantitative estimate of drug-likeness (QED) is 0.313. The van der Waals surface area contributed by atoms with Gasteiger partial charge in [-0.05, 0) is 73.2 Å². The molecule has 2 atom stereocenters. The number of benzene rings is 3. The highest BCUT2D eigenvalue weighted by atomic mass is 16.5. The summed E-state index contributed by atoms with van der Waals surface area (Å²) in [5.41, 5.74) is 4.72. The number of carbonyl (C=O) groups is 2. The standard InChI is InChI=1S/C32H38N2O3/c1-4-6-7-11-24-16-18-28(19-17-24)33-31(35)30-21-25-12-8-9-13-27(25)22-34(30)32(36)26-14-10-15-29(20-26)37-23(3)5-2/h8-10,12-20,23,30H,4-7,11,21-22H2,1-3H3,(H,33,35)/t23-,30-/m0/s1. The normalized spacial score (nSPS) is 15.5. The van der Waals surface area contributed by atoms with Gasteiger partial charge in [-0.1, -0.05) is 69.2 Å². The van der Waals surface area contributed by atoms with Gasteiger partial charge in [-0.2, -0.15) is 0 Å². The van der Waals surface area contributed by atoms with Crippen molar-refractivity contribution in [2.24, 2.45) is 0 Å². The average molecular weight is 499 g/mol. The molecule has 0 bridgehead atoms. The molecule has 3 aromatic rings. The van der Waals surface area contributed by atoms with Crippen LogP contribution in [0.3, 0.4) is 0 Å². The highest BCUT2D eigenvalue weighted by Crippen LogP contribution is 2.27. The van der Waals surface area contributed by atoms with E-state index in [0.717, 1.165) is 29.7 Å². The van der Waals surface area contributed by atoms with Crippen molar-refractivity contribution in [1.29, 1.82) is 0 Å². The zero-order chi connectivity index (χ0) is 26.2. The van der Waals surface area contributed by atoms with Crippen LogP contribution >= 0.6 is 0 Å². The molecule has 5 nitrogen and oxygen atoms in total. The summed E-state index contributed by atoms with van der Waals surface area (Å²) in [5.74, 6) is 0.321. The second-order valence-corrected chi connectivity index (χ2v) is 9.93. The molecule has 194 valence electrons. The van der Waals surface area contributed by atoms with E-state index in [1.165, 1.54) is 24.8 Å². The number of anilines is 1. The van der Waals surface area contributed by atoms with Crippen LogP contribution in [0.25, 0.3) is 0 Å². The number of fused-ring (bicyclic) bond motifs is 1. The van der Waals surface area contributed by atoms with E-state index in [4.69, 9.17) is 4.74 Å². The van der Waals surface area contributed by atoms with Crippen molar-refractivity contribution in [3.63, 3.8) is 0 Å². The predicted octanol–water partition coefficient (Wildman–Crippen LogP) is 6.80. The number of carbonyl (C=O) groups excluding carboxylic acids is 2. The molecule has 37 heavy (non-hydrogen) atoms. The Bertz CT molecular complexity index is 1200. The Hall–Kier alpha value is -3.60. The Kier molecular flexibility index (Phi) is 8.99. The van der Waals surface area contributed by atoms with Crippen LogP contribution in [0.1, 0.15) is 73.5 Å². The SMILES string of the molecule is CCCCCc1ccc(NC(=O)[C@@H]2Cc3ccccc3CN2C(=O)c2cccc(O[C@@H](C)CC)c2)cc1. The molecule has 5 heteroatoms. The van der Waals surface area contributed by atoms with Crippen LogP contribution in [0.15, 0.2) is 72.8 Å². The van der Waals surface area contributed by atoms with Gasteiger partial charge in [-0.25, -0.2) is 0 Å². The third-order valence-corrected chi connectivity index (χ3v) is 7.10. The first-order valence-corrected chi connectivity index (χ1v) is 13.5. The Balaban J connectivity index is 1.54. The number of ether oxygens (including phenoxy) is 1. The third-order valence-electron chi connectivity index (χ3n) is 7.10. The van der Waals surface area contributed by atoms with E-state index < -0.39 is 6.04 Å². The van der Waals surface area contributed by atoms with Gasteiger partial charge < -0.3 is 15.0 Å². The van der Waals surface area contributed by atoms with Gasteiger partial charge in [0.05, 0.1) is 6.10 Å². The zero-order valence-electron chi connectivity index (χ0n) is 22.2. The number of rotatable bonds is 10. The topological polar surface area (TPSA) is 58.6 Å². The van der Waals surface area contributed by atoms with Crippen molar-refractivity contribution < 1.29 is 14.3 Å². The van der Waals surface area contributed by atoms with Gasteiger partial charge in [0.2, 0.25) is 5.91 Å². The minimum Gasteiger partial charge on any atom is -0.491 e. The molecule has 0 unspecified atom stereocenters. The number of hydrogen-bond acceptors (Lipinski definition) is 3. The lowest BCUT2D eigenvalue weighted by atomic mass is 9.92. The zero-order valence-corrected chi connectivity index (χ0v) is 22.2. The van der Waals surface area contributed by atoms with Gasteiger partial charge in [-0.3, -0.25) is 9.59 Å². The summed E-state index contributed by atoms with van der Waals surface area (Å²) in [7, 11) is 0. The monoisotopic (exact) mass is 498 g/mol. The molecule has 0 aromatic heterocycles. The predicted molar refractivity (Wildman–Crippen MR) is 149 cm³/mol. The van der Waals surface area contributed by atoms with E-state index >= 15 is 0 Å². The minimum absolute atomic E-state index is 0.0591. The van der Waals surface area contributed by atoms with Crippen molar-refractivity contribution in [2.75, 3.05) is 5.32 Å². The van der Waals surface area contributed by atoms with Gasteiger partial charge in [0.25, 0.3) is 5.91 Å². The highest BCUT2D eigenvalue weighted by Gasteiger charge is 2.35. The third kappa shape index (κ3) is 6.79. The Morgan fingerprint density at radius 2 is 1.73 bits per heavy atom. The molecule has 1 N–H and O–H groups in total. The number of amides is 2. The first-order chi connectivity index (χ1) is 18.0. The van der Waals surface area contributed by atoms with Crippen LogP contribution in [0.4, 0.5) is 5.69 Å². The number of nitrogens with zero attached hydrogens (tertiary/aromatic N) is 1. The van der Waals surface area contributed by atoms with Crippen LogP contribution in [-0.2, 0) is 24.2 Å². The molecule has 2 amide bonds. The lowest BCUT2D eigenvalue weighted by Crippen LogP contribution is -2.50. The summed E-state index contributed by atoms with van der Waals surface area (Å²) >= 11 is 0. The van der Waals surface area contributed by atoms with Gasteiger partial charge in [0, 0.05) is 24.2 Å². The summed E-state index contributed by atoms with van der Waals surface area (Å²) in [6.07, 6.45) is 6.05. The van der Waals surface area contributed by atoms with Gasteiger partial charge in [0.1, 0.15) is 11.8 Å². The molecule has 1 aliphatic rings. The molecule has 0 saturated carbocycles. The molecule has 1 heterocycles. The van der Waals surface area contributed by atoms with E-state index in [-0.39, 0.29) is 17.9 Å². The molecule has 1 aliphatic heterocycles. The van der Waals surface area contributed by atoms with E-state index in [0.29, 0.717) is 24.3 Å². The Morgan fingerprint density at radius 1 is 0.973 bits per heavy atom. The summed E-state index contributed by atoms with van der Waals surface area (Å²) in [5, 5.41) is 3.06. The second kappa shape index (κ2) is 12.6. The fourth-order valence-corrected chi connectivity index (χ4v) is 4.71. The van der Waals surface area contributed by atoms with E-state index in [1.807, 2.05) is 55.5 Å². The molecule has 0 radical (unpaired) electrons. The Morgan fingerprint density at radius 3 is 2.46 bits per heavy atom. The van der Waals surface area contributed by atoms with E-state index in [1.54, 1.807) is 17.0 Å². The van der Waals surface area contributed by atoms with E-state index in [2.05, 4.69) is 31.3 Å². The fraction of sp³-hybridized carbons (Fsp3) is 0.375. The van der Waals surface area contributed by atoms with E-state index in [9.17, 15) is 9.59 Å². The fourth-order valence-electron chi connectivity index (χ4n) is 4.71. The van der Waals surface area contributed by atoms with Crippen molar-refractivity contribution in [3.8, 4) is 5.75 Å². The van der Waals surface area contributed by atoms with Crippen LogP contribution in [0.5, 0.6) is 5.75 Å². The molecule has 0 spiro atoms. The largest absolute Gasteiger partial charge is 0.491 e. The number of unbranched alkanes of at least 4 members (excludes halogenated alkanes) is 2. The molecule has 4 rings (SSSR count). The molecule has 0 fully saturated rings. The lowest BCUT2D eigenvalue weighted by molar-refractivity contribution is -0.121. The summed E-state index contributed by atoms with van der Waals surface area (Å²) in [6.45, 7) is 6.66. The molecule has 0 saturated heterocycles. The maximum absolute atomic E-state index is 13.7. The van der Waals surface area contributed by atoms with Crippen molar-refractivity contribution in [2.45, 2.75) is 78.0 Å². The summed E-state index contributed by atoms with van der Waals surface area (Å²) in [6, 6.07) is 22.8. The van der Waals surface area contributed by atoms with Crippen LogP contribution in [0.2, 0.25) is 0 Å². The Labute approximate surface area is 220 Å². The molecule has 3 aromatic carbocycles. The maximum Gasteiger partial charge on any atom is 0.254 e. The van der Waals surface area contributed by atoms with Gasteiger partial charge >= 0.3 is 0 Å². The van der Waals surface area contributed by atoms with Crippen LogP contribution in [0, 0.1) is 0 Å². The van der Waals surface area contributed by atoms with Gasteiger partial charge in [0.15, 0.2) is 0 Å². The first kappa shape index (κ1) is 26.5. The maximum atomic E-state index is 13.7. The number of aryl methyl sites for hydroxylation is 1. The lowest BCUT2D eigenvalue weighted by Gasteiger charge is -2.36. The van der Waals surface area contributed by atoms with Crippen LogP contribution < -0.4 is 10.1 Å². The summed E-state index contributed by atoms with van der Waals surface area (Å²) < 4.78 is 5.94. The van der Waals surface area contributed by atoms with Crippen LogP contribution in [-0.4, -0.2) is 28.9 Å². The van der Waals surface area contributed by atoms with Gasteiger partial charge in [-0.15, -0.1) is 0 Å². The molecule has 0 aliphatic carbocycles. The molecular weight excluding hydrogens is 460 g/mol. The number of nitrogens with one attached hydrogen (secondary N) is 1. The smallest absolute Gasteiger partial charge is 0.254 e. The summed E-state index contributed by atoms with van der Waals surface area (Å²) in [4.78, 5) is 29.0. The van der Waals surface area contributed by atoms with Crippen molar-refractivity contribution in [1.82, 2.24) is 4.90 Å². The first-order valence-electron chi connectivity index (χ1n) is 13.5. The highest BCUT2D eigenvalue weighted by molar-refractivity contribution is 6.01. The van der Waals surface area contributed by atoms with Crippen molar-refractivity contribution in [3.05, 3.63) is 95.1 Å². The average Bonchev–Trinajstić information content (AvgIpc) is 2.93.